The van der Waals surface area contributed by atoms with Crippen LogP contribution in [0.3, 0.4) is 0 Å². The first-order valence-electron chi connectivity index (χ1n) is 4.51. The third-order valence-corrected chi connectivity index (χ3v) is 2.46. The Morgan fingerprint density at radius 3 is 2.35 bits per heavy atom. The summed E-state index contributed by atoms with van der Waals surface area (Å²) in [6.45, 7) is 0. The molecule has 0 heterocycles. The van der Waals surface area contributed by atoms with Crippen molar-refractivity contribution < 1.29 is 9.90 Å². The van der Waals surface area contributed by atoms with Crippen molar-refractivity contribution in [2.45, 2.75) is 0 Å². The van der Waals surface area contributed by atoms with Crippen molar-refractivity contribution in [3.63, 3.8) is 0 Å². The summed E-state index contributed by atoms with van der Waals surface area (Å²) in [5.74, 6) is -1.29. The molecular weight excluding hydrogens is 261 g/mol. The highest BCUT2D eigenvalue weighted by molar-refractivity contribution is 6.49. The lowest BCUT2D eigenvalue weighted by Crippen LogP contribution is -1.96. The number of carboxylic acid groups (broad SMARTS) is 1. The molecule has 1 aromatic carbocycles. The second kappa shape index (κ2) is 6.09. The Balaban J connectivity index is 2.98. The summed E-state index contributed by atoms with van der Waals surface area (Å²) in [6.07, 6.45) is 2.51. The summed E-state index contributed by atoms with van der Waals surface area (Å²) in [4.78, 5) is 10.5. The number of carboxylic acids is 1. The van der Waals surface area contributed by atoms with Crippen molar-refractivity contribution >= 4 is 34.2 Å². The van der Waals surface area contributed by atoms with Crippen LogP contribution in [0.15, 0.2) is 42.0 Å². The van der Waals surface area contributed by atoms with E-state index in [9.17, 15) is 4.79 Å². The number of nitriles is 1. The first-order valence-corrected chi connectivity index (χ1v) is 5.27. The van der Waals surface area contributed by atoms with E-state index in [0.717, 1.165) is 6.08 Å². The van der Waals surface area contributed by atoms with Gasteiger partial charge in [-0.2, -0.15) is 5.26 Å². The summed E-state index contributed by atoms with van der Waals surface area (Å²) in [6, 6.07) is 8.28. The SMILES string of the molecule is N#CC(=CC=C(Cl)c1ccc(Cl)cc1)C(=O)O. The second-order valence-electron chi connectivity index (χ2n) is 3.02. The quantitative estimate of drug-likeness (QED) is 0.518. The maximum absolute atomic E-state index is 10.5. The largest absolute Gasteiger partial charge is 0.477 e. The molecule has 0 fully saturated rings. The minimum Gasteiger partial charge on any atom is -0.477 e. The Bertz CT molecular complexity index is 524. The molecule has 0 bridgehead atoms. The molecule has 86 valence electrons. The van der Waals surface area contributed by atoms with Gasteiger partial charge in [-0.05, 0) is 29.8 Å². The van der Waals surface area contributed by atoms with E-state index in [0.29, 0.717) is 15.6 Å². The average Bonchev–Trinajstić information content (AvgIpc) is 2.30. The number of nitrogens with zero attached hydrogens (tertiary/aromatic N) is 1. The first kappa shape index (κ1) is 13.3. The summed E-state index contributed by atoms with van der Waals surface area (Å²) in [7, 11) is 0. The van der Waals surface area contributed by atoms with E-state index in [1.54, 1.807) is 30.3 Å². The van der Waals surface area contributed by atoms with E-state index in [2.05, 4.69) is 0 Å². The standard InChI is InChI=1S/C12H7Cl2NO2/c13-10-4-1-8(2-5-10)11(14)6-3-9(7-15)12(16)17/h1-6H,(H,16,17). The summed E-state index contributed by atoms with van der Waals surface area (Å²) >= 11 is 11.6. The van der Waals surface area contributed by atoms with E-state index in [-0.39, 0.29) is 5.57 Å². The zero-order valence-corrected chi connectivity index (χ0v) is 10.0. The molecule has 17 heavy (non-hydrogen) atoms. The lowest BCUT2D eigenvalue weighted by molar-refractivity contribution is -0.132. The van der Waals surface area contributed by atoms with Crippen LogP contribution in [0.2, 0.25) is 5.02 Å². The van der Waals surface area contributed by atoms with Gasteiger partial charge in [0.25, 0.3) is 0 Å². The average molecular weight is 268 g/mol. The van der Waals surface area contributed by atoms with Crippen molar-refractivity contribution in [2.24, 2.45) is 0 Å². The van der Waals surface area contributed by atoms with Crippen LogP contribution < -0.4 is 0 Å². The normalized spacial score (nSPS) is 12.1. The molecule has 1 rings (SSSR count). The summed E-state index contributed by atoms with van der Waals surface area (Å²) in [5, 5.41) is 18.0. The molecule has 0 unspecified atom stereocenters. The maximum Gasteiger partial charge on any atom is 0.346 e. The van der Waals surface area contributed by atoms with Gasteiger partial charge in [-0.15, -0.1) is 0 Å². The predicted molar refractivity (Wildman–Crippen MR) is 66.6 cm³/mol. The zero-order chi connectivity index (χ0) is 12.8. The number of hydrogen-bond acceptors (Lipinski definition) is 2. The van der Waals surface area contributed by atoms with E-state index in [1.165, 1.54) is 6.08 Å². The second-order valence-corrected chi connectivity index (χ2v) is 3.86. The number of aliphatic carboxylic acids is 1. The van der Waals surface area contributed by atoms with Crippen LogP contribution in [0.5, 0.6) is 0 Å². The third kappa shape index (κ3) is 3.95. The van der Waals surface area contributed by atoms with Gasteiger partial charge in [0.05, 0.1) is 0 Å². The molecule has 5 heteroatoms. The molecular formula is C12H7Cl2NO2. The van der Waals surface area contributed by atoms with E-state index >= 15 is 0 Å². The highest BCUT2D eigenvalue weighted by atomic mass is 35.5. The van der Waals surface area contributed by atoms with Crippen LogP contribution in [0.1, 0.15) is 5.56 Å². The molecule has 0 saturated carbocycles. The molecule has 0 aliphatic rings. The molecule has 0 amide bonds. The van der Waals surface area contributed by atoms with Gasteiger partial charge in [-0.1, -0.05) is 35.3 Å². The first-order chi connectivity index (χ1) is 8.04. The molecule has 0 atom stereocenters. The van der Waals surface area contributed by atoms with Crippen molar-refractivity contribution in [3.8, 4) is 6.07 Å². The molecule has 0 aliphatic carbocycles. The molecule has 0 saturated heterocycles. The molecule has 1 N–H and O–H groups in total. The lowest BCUT2D eigenvalue weighted by Gasteiger charge is -1.97. The third-order valence-electron chi connectivity index (χ3n) is 1.87. The number of benzene rings is 1. The number of carbonyl (C=O) groups is 1. The van der Waals surface area contributed by atoms with Gasteiger partial charge in [0.1, 0.15) is 11.6 Å². The molecule has 0 aromatic heterocycles. The minimum atomic E-state index is -1.29. The fourth-order valence-electron chi connectivity index (χ4n) is 1.02. The van der Waals surface area contributed by atoms with Gasteiger partial charge in [-0.3, -0.25) is 0 Å². The Morgan fingerprint density at radius 2 is 1.88 bits per heavy atom. The van der Waals surface area contributed by atoms with Crippen LogP contribution in [0, 0.1) is 11.3 Å². The van der Waals surface area contributed by atoms with Crippen molar-refractivity contribution in [1.29, 1.82) is 5.26 Å². The minimum absolute atomic E-state index is 0.329. The van der Waals surface area contributed by atoms with Gasteiger partial charge >= 0.3 is 5.97 Å². The highest BCUT2D eigenvalue weighted by Crippen LogP contribution is 2.21. The highest BCUT2D eigenvalue weighted by Gasteiger charge is 2.04. The fourth-order valence-corrected chi connectivity index (χ4v) is 1.33. The number of rotatable bonds is 3. The van der Waals surface area contributed by atoms with Crippen LogP contribution in [-0.4, -0.2) is 11.1 Å². The van der Waals surface area contributed by atoms with Crippen LogP contribution >= 0.6 is 23.2 Å². The van der Waals surface area contributed by atoms with Crippen molar-refractivity contribution in [1.82, 2.24) is 0 Å². The number of allylic oxidation sites excluding steroid dienone is 2. The zero-order valence-electron chi connectivity index (χ0n) is 8.52. The summed E-state index contributed by atoms with van der Waals surface area (Å²) in [5.41, 5.74) is 0.312. The topological polar surface area (TPSA) is 61.1 Å². The molecule has 0 spiro atoms. The van der Waals surface area contributed by atoms with Gasteiger partial charge in [-0.25, -0.2) is 4.79 Å². The van der Waals surface area contributed by atoms with Gasteiger partial charge < -0.3 is 5.11 Å². The molecule has 1 aromatic rings. The Labute approximate surface area is 108 Å². The predicted octanol–water partition coefficient (Wildman–Crippen LogP) is 3.45. The van der Waals surface area contributed by atoms with Crippen LogP contribution in [0.25, 0.3) is 5.03 Å². The van der Waals surface area contributed by atoms with Gasteiger partial charge in [0.2, 0.25) is 0 Å². The fraction of sp³-hybridized carbons (Fsp3) is 0. The maximum atomic E-state index is 10.5. The van der Waals surface area contributed by atoms with Crippen molar-refractivity contribution in [3.05, 3.63) is 52.6 Å². The number of hydrogen-bond donors (Lipinski definition) is 1. The van der Waals surface area contributed by atoms with Crippen LogP contribution in [-0.2, 0) is 4.79 Å². The van der Waals surface area contributed by atoms with E-state index in [1.807, 2.05) is 0 Å². The van der Waals surface area contributed by atoms with E-state index in [4.69, 9.17) is 33.6 Å². The van der Waals surface area contributed by atoms with Gasteiger partial charge in [0, 0.05) is 10.1 Å². The summed E-state index contributed by atoms with van der Waals surface area (Å²) < 4.78 is 0. The monoisotopic (exact) mass is 267 g/mol. The lowest BCUT2D eigenvalue weighted by atomic mass is 10.2. The van der Waals surface area contributed by atoms with E-state index < -0.39 is 5.97 Å². The molecule has 0 radical (unpaired) electrons. The molecule has 3 nitrogen and oxygen atoms in total. The Hall–Kier alpha value is -1.76. The Morgan fingerprint density at radius 1 is 1.29 bits per heavy atom. The van der Waals surface area contributed by atoms with Gasteiger partial charge in [0.15, 0.2) is 0 Å². The Kier molecular flexibility index (Phi) is 4.77. The smallest absolute Gasteiger partial charge is 0.346 e. The number of halogens is 2. The van der Waals surface area contributed by atoms with Crippen LogP contribution in [0.4, 0.5) is 0 Å². The van der Waals surface area contributed by atoms with Crippen molar-refractivity contribution in [2.75, 3.05) is 0 Å². The molecule has 0 aliphatic heterocycles.